The number of hydrogen-bond acceptors (Lipinski definition) is 8. The maximum atomic E-state index is 12.4. The predicted molar refractivity (Wildman–Crippen MR) is 114 cm³/mol. The van der Waals surface area contributed by atoms with Gasteiger partial charge in [-0.05, 0) is 48.5 Å². The molecule has 166 valence electrons. The van der Waals surface area contributed by atoms with E-state index in [0.717, 1.165) is 48.5 Å². The number of nitro groups is 2. The van der Waals surface area contributed by atoms with Crippen LogP contribution in [0.2, 0.25) is 0 Å². The topological polar surface area (TPSA) is 179 Å². The number of hydrogen-bond donors (Lipinski definition) is 2. The van der Waals surface area contributed by atoms with Crippen molar-refractivity contribution in [3.63, 3.8) is 0 Å². The van der Waals surface area contributed by atoms with Crippen molar-refractivity contribution in [3.05, 3.63) is 93.0 Å². The van der Waals surface area contributed by atoms with E-state index < -0.39 is 29.9 Å². The molecule has 0 amide bonds. The van der Waals surface area contributed by atoms with Crippen LogP contribution < -0.4 is 9.44 Å². The zero-order chi connectivity index (χ0) is 23.5. The van der Waals surface area contributed by atoms with Crippen molar-refractivity contribution >= 4 is 42.8 Å². The van der Waals surface area contributed by atoms with Gasteiger partial charge in [0.2, 0.25) is 0 Å². The molecule has 0 radical (unpaired) electrons. The minimum atomic E-state index is -4.02. The van der Waals surface area contributed by atoms with E-state index in [1.54, 1.807) is 0 Å². The zero-order valence-corrected chi connectivity index (χ0v) is 17.5. The number of anilines is 2. The van der Waals surface area contributed by atoms with Crippen LogP contribution in [0.15, 0.2) is 82.6 Å². The van der Waals surface area contributed by atoms with Crippen molar-refractivity contribution < 1.29 is 26.7 Å². The fourth-order valence-electron chi connectivity index (χ4n) is 2.53. The molecule has 0 aliphatic rings. The second-order valence-electron chi connectivity index (χ2n) is 6.29. The lowest BCUT2D eigenvalue weighted by Crippen LogP contribution is -2.14. The van der Waals surface area contributed by atoms with Gasteiger partial charge < -0.3 is 0 Å². The quantitative estimate of drug-likeness (QED) is 0.366. The fraction of sp³-hybridized carbons (Fsp3) is 0. The van der Waals surface area contributed by atoms with Crippen molar-refractivity contribution in [2.45, 2.75) is 9.79 Å². The molecule has 0 aliphatic carbocycles. The summed E-state index contributed by atoms with van der Waals surface area (Å²) in [7, 11) is -8.05. The first-order valence-corrected chi connectivity index (χ1v) is 11.6. The molecule has 2 N–H and O–H groups in total. The number of nitro benzene ring substituents is 2. The van der Waals surface area contributed by atoms with E-state index in [1.807, 2.05) is 0 Å². The molecule has 0 spiro atoms. The van der Waals surface area contributed by atoms with Crippen molar-refractivity contribution in [2.75, 3.05) is 9.44 Å². The molecular formula is C18H14N4O8S2. The van der Waals surface area contributed by atoms with Gasteiger partial charge >= 0.3 is 0 Å². The first-order valence-electron chi connectivity index (χ1n) is 8.62. The summed E-state index contributed by atoms with van der Waals surface area (Å²) >= 11 is 0. The lowest BCUT2D eigenvalue weighted by atomic mass is 10.3. The van der Waals surface area contributed by atoms with Gasteiger partial charge in [0, 0.05) is 35.6 Å². The summed E-state index contributed by atoms with van der Waals surface area (Å²) < 4.78 is 54.2. The van der Waals surface area contributed by atoms with Gasteiger partial charge in [-0.2, -0.15) is 0 Å². The van der Waals surface area contributed by atoms with E-state index in [-0.39, 0.29) is 32.5 Å². The smallest absolute Gasteiger partial charge is 0.269 e. The summed E-state index contributed by atoms with van der Waals surface area (Å²) in [6.07, 6.45) is 0. The minimum Gasteiger partial charge on any atom is -0.280 e. The van der Waals surface area contributed by atoms with Gasteiger partial charge in [-0.15, -0.1) is 0 Å². The average Bonchev–Trinajstić information content (AvgIpc) is 2.75. The van der Waals surface area contributed by atoms with Gasteiger partial charge in [0.05, 0.1) is 19.6 Å². The largest absolute Gasteiger partial charge is 0.280 e. The maximum absolute atomic E-state index is 12.4. The number of rotatable bonds is 8. The molecule has 32 heavy (non-hydrogen) atoms. The normalized spacial score (nSPS) is 11.5. The molecule has 0 heterocycles. The molecular weight excluding hydrogens is 464 g/mol. The van der Waals surface area contributed by atoms with Gasteiger partial charge in [-0.25, -0.2) is 16.8 Å². The van der Waals surface area contributed by atoms with Gasteiger partial charge in [0.15, 0.2) is 0 Å². The van der Waals surface area contributed by atoms with Crippen molar-refractivity contribution in [2.24, 2.45) is 0 Å². The summed E-state index contributed by atoms with van der Waals surface area (Å²) in [5.74, 6) is 0. The van der Waals surface area contributed by atoms with E-state index in [2.05, 4.69) is 9.44 Å². The Balaban J connectivity index is 1.73. The van der Waals surface area contributed by atoms with Crippen molar-refractivity contribution in [3.8, 4) is 0 Å². The van der Waals surface area contributed by atoms with Crippen LogP contribution in [0.1, 0.15) is 0 Å². The highest BCUT2D eigenvalue weighted by Gasteiger charge is 2.18. The Labute approximate surface area is 181 Å². The van der Waals surface area contributed by atoms with E-state index >= 15 is 0 Å². The lowest BCUT2D eigenvalue weighted by Gasteiger charge is -2.11. The molecule has 12 nitrogen and oxygen atoms in total. The van der Waals surface area contributed by atoms with Crippen LogP contribution in [0.25, 0.3) is 0 Å². The summed E-state index contributed by atoms with van der Waals surface area (Å²) in [6.45, 7) is 0. The van der Waals surface area contributed by atoms with Gasteiger partial charge in [0.25, 0.3) is 31.4 Å². The third-order valence-corrected chi connectivity index (χ3v) is 6.90. The highest BCUT2D eigenvalue weighted by molar-refractivity contribution is 7.93. The standard InChI is InChI=1S/C18H14N4O8S2/c23-21(24)15-5-9-17(10-6-15)31(27,28)19-13-1-2-14(4-3-13)20-32(29,30)18-11-7-16(8-12-18)22(25)26/h1-12,19-20H. The first-order chi connectivity index (χ1) is 15.0. The second-order valence-corrected chi connectivity index (χ2v) is 9.66. The number of nitrogens with one attached hydrogen (secondary N) is 2. The molecule has 0 aromatic heterocycles. The van der Waals surface area contributed by atoms with Crippen LogP contribution in [0.5, 0.6) is 0 Å². The van der Waals surface area contributed by atoms with Gasteiger partial charge in [-0.1, -0.05) is 0 Å². The van der Waals surface area contributed by atoms with E-state index in [9.17, 15) is 37.1 Å². The minimum absolute atomic E-state index is 0.127. The molecule has 14 heteroatoms. The zero-order valence-electron chi connectivity index (χ0n) is 15.9. The van der Waals surface area contributed by atoms with Crippen LogP contribution in [0.4, 0.5) is 22.7 Å². The lowest BCUT2D eigenvalue weighted by molar-refractivity contribution is -0.385. The maximum Gasteiger partial charge on any atom is 0.269 e. The molecule has 0 atom stereocenters. The molecule has 0 saturated heterocycles. The van der Waals surface area contributed by atoms with Crippen LogP contribution in [0, 0.1) is 20.2 Å². The summed E-state index contributed by atoms with van der Waals surface area (Å²) in [6, 6.07) is 13.9. The monoisotopic (exact) mass is 478 g/mol. The molecule has 3 aromatic rings. The average molecular weight is 478 g/mol. The molecule has 0 fully saturated rings. The van der Waals surface area contributed by atoms with Crippen molar-refractivity contribution in [1.29, 1.82) is 0 Å². The van der Waals surface area contributed by atoms with Crippen LogP contribution in [0.3, 0.4) is 0 Å². The van der Waals surface area contributed by atoms with Crippen molar-refractivity contribution in [1.82, 2.24) is 0 Å². The first kappa shape index (κ1) is 22.6. The Morgan fingerprint density at radius 3 is 1.06 bits per heavy atom. The molecule has 0 bridgehead atoms. The van der Waals surface area contributed by atoms with Crippen LogP contribution in [-0.4, -0.2) is 26.7 Å². The van der Waals surface area contributed by atoms with E-state index in [0.29, 0.717) is 0 Å². The summed E-state index contributed by atoms with van der Waals surface area (Å²) in [4.78, 5) is 19.7. The molecule has 0 aliphatic heterocycles. The SMILES string of the molecule is O=[N+]([O-])c1ccc(S(=O)(=O)Nc2ccc(NS(=O)(=O)c3ccc([N+](=O)[O-])cc3)cc2)cc1. The molecule has 0 saturated carbocycles. The Kier molecular flexibility index (Phi) is 6.09. The van der Waals surface area contributed by atoms with Gasteiger partial charge in [0.1, 0.15) is 0 Å². The highest BCUT2D eigenvalue weighted by atomic mass is 32.2. The predicted octanol–water partition coefficient (Wildman–Crippen LogP) is 3.10. The highest BCUT2D eigenvalue weighted by Crippen LogP contribution is 2.23. The third-order valence-electron chi connectivity index (χ3n) is 4.11. The second kappa shape index (κ2) is 8.60. The molecule has 3 aromatic carbocycles. The number of benzene rings is 3. The number of sulfonamides is 2. The van der Waals surface area contributed by atoms with E-state index in [4.69, 9.17) is 0 Å². The Morgan fingerprint density at radius 1 is 0.531 bits per heavy atom. The summed E-state index contributed by atoms with van der Waals surface area (Å²) in [5.41, 5.74) is -0.259. The Bertz CT molecular complexity index is 1260. The summed E-state index contributed by atoms with van der Waals surface area (Å²) in [5, 5.41) is 21.4. The number of nitrogens with zero attached hydrogens (tertiary/aromatic N) is 2. The van der Waals surface area contributed by atoms with Gasteiger partial charge in [-0.3, -0.25) is 29.7 Å². The van der Waals surface area contributed by atoms with Crippen LogP contribution in [-0.2, 0) is 20.0 Å². The van der Waals surface area contributed by atoms with E-state index in [1.165, 1.54) is 24.3 Å². The van der Waals surface area contributed by atoms with Crippen LogP contribution >= 0.6 is 0 Å². The Morgan fingerprint density at radius 2 is 0.812 bits per heavy atom. The third kappa shape index (κ3) is 5.16. The molecule has 0 unspecified atom stereocenters. The number of non-ortho nitro benzene ring substituents is 2. The Hall–Kier alpha value is -4.04. The molecule has 3 rings (SSSR count). The fourth-order valence-corrected chi connectivity index (χ4v) is 4.65.